The van der Waals surface area contributed by atoms with Crippen molar-refractivity contribution in [2.75, 3.05) is 19.6 Å². The van der Waals surface area contributed by atoms with Gasteiger partial charge in [-0.15, -0.1) is 0 Å². The minimum atomic E-state index is -0.224. The molecule has 0 aliphatic carbocycles. The average Bonchev–Trinajstić information content (AvgIpc) is 2.85. The van der Waals surface area contributed by atoms with Gasteiger partial charge in [0.15, 0.2) is 0 Å². The van der Waals surface area contributed by atoms with Gasteiger partial charge < -0.3 is 10.6 Å². The molecule has 90 valence electrons. The topological polar surface area (TPSA) is 49.6 Å². The Morgan fingerprint density at radius 1 is 1.00 bits per heavy atom. The van der Waals surface area contributed by atoms with E-state index in [0.29, 0.717) is 12.1 Å². The summed E-state index contributed by atoms with van der Waals surface area (Å²) in [4.78, 5) is 16.6. The fourth-order valence-electron chi connectivity index (χ4n) is 3.64. The van der Waals surface area contributed by atoms with Crippen molar-refractivity contribution in [1.82, 2.24) is 9.80 Å². The minimum absolute atomic E-state index is 0.192. The third kappa shape index (κ3) is 1.55. The van der Waals surface area contributed by atoms with Gasteiger partial charge in [-0.1, -0.05) is 6.42 Å². The lowest BCUT2D eigenvalue weighted by atomic mass is 9.98. The van der Waals surface area contributed by atoms with Crippen LogP contribution in [0.2, 0.25) is 0 Å². The van der Waals surface area contributed by atoms with E-state index in [1.165, 1.54) is 32.4 Å². The molecular weight excluding hydrogens is 202 g/mol. The van der Waals surface area contributed by atoms with Gasteiger partial charge in [-0.3, -0.25) is 9.69 Å². The van der Waals surface area contributed by atoms with E-state index in [1.54, 1.807) is 0 Å². The van der Waals surface area contributed by atoms with Crippen molar-refractivity contribution in [3.63, 3.8) is 0 Å². The molecule has 3 heterocycles. The molecule has 0 aromatic heterocycles. The number of likely N-dealkylation sites (tertiary alicyclic amines) is 1. The van der Waals surface area contributed by atoms with E-state index in [2.05, 4.69) is 9.80 Å². The highest BCUT2D eigenvalue weighted by atomic mass is 16.2. The zero-order valence-corrected chi connectivity index (χ0v) is 9.77. The SMILES string of the molecule is NC1CCN(C2CCN3CCCCC23)C1=O. The number of nitrogens with two attached hydrogens (primary N) is 1. The van der Waals surface area contributed by atoms with E-state index < -0.39 is 0 Å². The van der Waals surface area contributed by atoms with Gasteiger partial charge in [0, 0.05) is 25.2 Å². The van der Waals surface area contributed by atoms with Crippen molar-refractivity contribution in [3.05, 3.63) is 0 Å². The molecule has 3 aliphatic heterocycles. The number of hydrogen-bond donors (Lipinski definition) is 1. The molecule has 0 saturated carbocycles. The molecule has 2 N–H and O–H groups in total. The molecule has 3 saturated heterocycles. The molecule has 3 atom stereocenters. The summed E-state index contributed by atoms with van der Waals surface area (Å²) >= 11 is 0. The van der Waals surface area contributed by atoms with Gasteiger partial charge in [-0.05, 0) is 32.2 Å². The van der Waals surface area contributed by atoms with E-state index in [1.807, 2.05) is 0 Å². The smallest absolute Gasteiger partial charge is 0.239 e. The van der Waals surface area contributed by atoms with Gasteiger partial charge in [-0.25, -0.2) is 0 Å². The monoisotopic (exact) mass is 223 g/mol. The molecule has 16 heavy (non-hydrogen) atoms. The van der Waals surface area contributed by atoms with Crippen LogP contribution in [-0.2, 0) is 4.79 Å². The van der Waals surface area contributed by atoms with Crippen LogP contribution in [-0.4, -0.2) is 53.5 Å². The van der Waals surface area contributed by atoms with Gasteiger partial charge in [-0.2, -0.15) is 0 Å². The van der Waals surface area contributed by atoms with Gasteiger partial charge >= 0.3 is 0 Å². The van der Waals surface area contributed by atoms with Gasteiger partial charge in [0.05, 0.1) is 6.04 Å². The lowest BCUT2D eigenvalue weighted by Gasteiger charge is -2.36. The Bertz CT molecular complexity index is 294. The third-order valence-electron chi connectivity index (χ3n) is 4.50. The van der Waals surface area contributed by atoms with Gasteiger partial charge in [0.1, 0.15) is 0 Å². The number of carbonyl (C=O) groups is 1. The van der Waals surface area contributed by atoms with Crippen molar-refractivity contribution >= 4 is 5.91 Å². The molecule has 0 aromatic carbocycles. The van der Waals surface area contributed by atoms with Crippen molar-refractivity contribution in [2.24, 2.45) is 5.73 Å². The molecule has 0 bridgehead atoms. The summed E-state index contributed by atoms with van der Waals surface area (Å²) < 4.78 is 0. The Morgan fingerprint density at radius 2 is 1.88 bits per heavy atom. The first kappa shape index (κ1) is 10.5. The fraction of sp³-hybridized carbons (Fsp3) is 0.917. The van der Waals surface area contributed by atoms with E-state index >= 15 is 0 Å². The number of hydrogen-bond acceptors (Lipinski definition) is 3. The molecule has 0 spiro atoms. The average molecular weight is 223 g/mol. The Balaban J connectivity index is 1.73. The second kappa shape index (κ2) is 4.00. The number of nitrogens with zero attached hydrogens (tertiary/aromatic N) is 2. The van der Waals surface area contributed by atoms with Crippen LogP contribution in [0.15, 0.2) is 0 Å². The molecule has 1 amide bonds. The highest BCUT2D eigenvalue weighted by Gasteiger charge is 2.43. The Hall–Kier alpha value is -0.610. The summed E-state index contributed by atoms with van der Waals surface area (Å²) in [7, 11) is 0. The summed E-state index contributed by atoms with van der Waals surface area (Å²) in [5, 5.41) is 0. The number of fused-ring (bicyclic) bond motifs is 1. The van der Waals surface area contributed by atoms with Crippen molar-refractivity contribution in [3.8, 4) is 0 Å². The minimum Gasteiger partial charge on any atom is -0.337 e. The van der Waals surface area contributed by atoms with Gasteiger partial charge in [0.25, 0.3) is 0 Å². The predicted molar refractivity (Wildman–Crippen MR) is 61.9 cm³/mol. The maximum absolute atomic E-state index is 11.9. The van der Waals surface area contributed by atoms with Crippen LogP contribution in [0, 0.1) is 0 Å². The Morgan fingerprint density at radius 3 is 2.62 bits per heavy atom. The zero-order chi connectivity index (χ0) is 11.1. The zero-order valence-electron chi connectivity index (χ0n) is 9.77. The molecule has 3 fully saturated rings. The highest BCUT2D eigenvalue weighted by molar-refractivity contribution is 5.84. The molecule has 4 heteroatoms. The largest absolute Gasteiger partial charge is 0.337 e. The van der Waals surface area contributed by atoms with Crippen molar-refractivity contribution in [2.45, 2.75) is 50.2 Å². The molecule has 3 aliphatic rings. The summed E-state index contributed by atoms with van der Waals surface area (Å²) in [5.41, 5.74) is 5.80. The number of piperidine rings is 1. The third-order valence-corrected chi connectivity index (χ3v) is 4.50. The summed E-state index contributed by atoms with van der Waals surface area (Å²) in [6.45, 7) is 3.29. The summed E-state index contributed by atoms with van der Waals surface area (Å²) in [6.07, 6.45) is 5.93. The van der Waals surface area contributed by atoms with Crippen LogP contribution in [0.1, 0.15) is 32.1 Å². The van der Waals surface area contributed by atoms with E-state index in [0.717, 1.165) is 19.4 Å². The second-order valence-electron chi connectivity index (χ2n) is 5.38. The summed E-state index contributed by atoms with van der Waals surface area (Å²) in [6, 6.07) is 0.863. The number of rotatable bonds is 1. The molecule has 0 radical (unpaired) electrons. The van der Waals surface area contributed by atoms with Crippen LogP contribution < -0.4 is 5.73 Å². The quantitative estimate of drug-likeness (QED) is 0.689. The van der Waals surface area contributed by atoms with E-state index in [9.17, 15) is 4.79 Å². The molecule has 4 nitrogen and oxygen atoms in total. The van der Waals surface area contributed by atoms with Crippen LogP contribution in [0.5, 0.6) is 0 Å². The fourth-order valence-corrected chi connectivity index (χ4v) is 3.64. The molecule has 3 unspecified atom stereocenters. The van der Waals surface area contributed by atoms with Gasteiger partial charge in [0.2, 0.25) is 5.91 Å². The van der Waals surface area contributed by atoms with Crippen LogP contribution >= 0.6 is 0 Å². The maximum atomic E-state index is 11.9. The lowest BCUT2D eigenvalue weighted by molar-refractivity contribution is -0.131. The van der Waals surface area contributed by atoms with Crippen molar-refractivity contribution < 1.29 is 4.79 Å². The first-order valence-electron chi connectivity index (χ1n) is 6.57. The van der Waals surface area contributed by atoms with Crippen LogP contribution in [0.3, 0.4) is 0 Å². The van der Waals surface area contributed by atoms with Crippen LogP contribution in [0.4, 0.5) is 0 Å². The van der Waals surface area contributed by atoms with Crippen molar-refractivity contribution in [1.29, 1.82) is 0 Å². The lowest BCUT2D eigenvalue weighted by Crippen LogP contribution is -2.49. The van der Waals surface area contributed by atoms with E-state index in [-0.39, 0.29) is 11.9 Å². The number of carbonyl (C=O) groups excluding carboxylic acids is 1. The first-order chi connectivity index (χ1) is 7.77. The standard InChI is InChI=1S/C12H21N3O/c13-9-4-8-15(12(9)16)11-5-7-14-6-2-1-3-10(11)14/h9-11H,1-8,13H2. The first-order valence-corrected chi connectivity index (χ1v) is 6.57. The second-order valence-corrected chi connectivity index (χ2v) is 5.38. The Kier molecular flexibility index (Phi) is 2.64. The molecular formula is C12H21N3O. The maximum Gasteiger partial charge on any atom is 0.239 e. The normalized spacial score (nSPS) is 40.4. The van der Waals surface area contributed by atoms with E-state index in [4.69, 9.17) is 5.73 Å². The summed E-state index contributed by atoms with van der Waals surface area (Å²) in [5.74, 6) is 0.192. The highest BCUT2D eigenvalue weighted by Crippen LogP contribution is 2.32. The predicted octanol–water partition coefficient (Wildman–Crippen LogP) is 0.173. The molecule has 3 rings (SSSR count). The Labute approximate surface area is 96.8 Å². The molecule has 0 aromatic rings. The number of amides is 1. The van der Waals surface area contributed by atoms with Crippen LogP contribution in [0.25, 0.3) is 0 Å².